The molecule has 2 amide bonds. The van der Waals surface area contributed by atoms with E-state index in [1.165, 1.54) is 14.0 Å². The van der Waals surface area contributed by atoms with E-state index in [4.69, 9.17) is 9.47 Å². The minimum absolute atomic E-state index is 0.170. The fourth-order valence-corrected chi connectivity index (χ4v) is 3.12. The molecule has 0 saturated heterocycles. The Labute approximate surface area is 169 Å². The van der Waals surface area contributed by atoms with Crippen molar-refractivity contribution in [3.63, 3.8) is 0 Å². The third-order valence-electron chi connectivity index (χ3n) is 4.74. The lowest BCUT2D eigenvalue weighted by Crippen LogP contribution is -2.19. The first kappa shape index (κ1) is 20.2. The van der Waals surface area contributed by atoms with Gasteiger partial charge in [-0.15, -0.1) is 0 Å². The van der Waals surface area contributed by atoms with Crippen molar-refractivity contribution in [2.24, 2.45) is 0 Å². The second kappa shape index (κ2) is 8.65. The highest BCUT2D eigenvalue weighted by molar-refractivity contribution is 5.99. The molecule has 6 heteroatoms. The molecule has 0 aliphatic heterocycles. The van der Waals surface area contributed by atoms with Crippen molar-refractivity contribution in [2.45, 2.75) is 19.8 Å². The van der Waals surface area contributed by atoms with Gasteiger partial charge in [0.05, 0.1) is 25.8 Å². The van der Waals surface area contributed by atoms with Gasteiger partial charge >= 0.3 is 0 Å². The number of carbonyl (C=O) groups is 2. The molecule has 0 bridgehead atoms. The highest BCUT2D eigenvalue weighted by Crippen LogP contribution is 2.30. The van der Waals surface area contributed by atoms with Gasteiger partial charge in [-0.2, -0.15) is 0 Å². The van der Waals surface area contributed by atoms with Gasteiger partial charge in [-0.05, 0) is 53.6 Å². The molecule has 0 aliphatic rings. The molecule has 3 aromatic rings. The Morgan fingerprint density at radius 3 is 2.28 bits per heavy atom. The van der Waals surface area contributed by atoms with Crippen LogP contribution in [-0.4, -0.2) is 26.0 Å². The summed E-state index contributed by atoms with van der Waals surface area (Å²) in [5.74, 6) is 0.577. The zero-order chi connectivity index (χ0) is 21.0. The molecule has 29 heavy (non-hydrogen) atoms. The van der Waals surface area contributed by atoms with E-state index in [2.05, 4.69) is 10.6 Å². The average molecular weight is 392 g/mol. The summed E-state index contributed by atoms with van der Waals surface area (Å²) in [4.78, 5) is 24.2. The SMILES string of the molecule is COc1ccc2cc(C(C)C(=O)Nc3cc(NC(C)=O)ccc3OC)ccc2c1. The van der Waals surface area contributed by atoms with Gasteiger partial charge in [-0.25, -0.2) is 0 Å². The summed E-state index contributed by atoms with van der Waals surface area (Å²) < 4.78 is 10.6. The van der Waals surface area contributed by atoms with Gasteiger partial charge in [-0.1, -0.05) is 24.3 Å². The number of benzene rings is 3. The van der Waals surface area contributed by atoms with Crippen LogP contribution in [0.1, 0.15) is 25.3 Å². The lowest BCUT2D eigenvalue weighted by Gasteiger charge is -2.16. The number of hydrogen-bond donors (Lipinski definition) is 2. The zero-order valence-corrected chi connectivity index (χ0v) is 16.9. The van der Waals surface area contributed by atoms with Crippen LogP contribution >= 0.6 is 0 Å². The van der Waals surface area contributed by atoms with Crippen molar-refractivity contribution in [1.82, 2.24) is 0 Å². The maximum Gasteiger partial charge on any atom is 0.231 e. The molecule has 0 fully saturated rings. The molecule has 0 aliphatic carbocycles. The fraction of sp³-hybridized carbons (Fsp3) is 0.217. The number of methoxy groups -OCH3 is 2. The Morgan fingerprint density at radius 2 is 1.59 bits per heavy atom. The van der Waals surface area contributed by atoms with E-state index in [1.807, 2.05) is 43.3 Å². The van der Waals surface area contributed by atoms with E-state index in [-0.39, 0.29) is 17.7 Å². The molecule has 1 atom stereocenters. The Balaban J connectivity index is 1.83. The largest absolute Gasteiger partial charge is 0.497 e. The molecule has 0 spiro atoms. The zero-order valence-electron chi connectivity index (χ0n) is 16.9. The summed E-state index contributed by atoms with van der Waals surface area (Å²) in [6.45, 7) is 3.28. The van der Waals surface area contributed by atoms with E-state index < -0.39 is 0 Å². The number of hydrogen-bond acceptors (Lipinski definition) is 4. The fourth-order valence-electron chi connectivity index (χ4n) is 3.12. The smallest absolute Gasteiger partial charge is 0.231 e. The second-order valence-electron chi connectivity index (χ2n) is 6.78. The van der Waals surface area contributed by atoms with Gasteiger partial charge in [0.15, 0.2) is 0 Å². The molecule has 0 heterocycles. The van der Waals surface area contributed by atoms with Crippen molar-refractivity contribution in [3.8, 4) is 11.5 Å². The summed E-state index contributed by atoms with van der Waals surface area (Å²) in [6, 6.07) is 16.9. The van der Waals surface area contributed by atoms with E-state index >= 15 is 0 Å². The third kappa shape index (κ3) is 4.66. The average Bonchev–Trinajstić information content (AvgIpc) is 2.72. The number of fused-ring (bicyclic) bond motifs is 1. The predicted octanol–water partition coefficient (Wildman–Crippen LogP) is 4.56. The Hall–Kier alpha value is -3.54. The van der Waals surface area contributed by atoms with E-state index in [9.17, 15) is 9.59 Å². The Morgan fingerprint density at radius 1 is 0.862 bits per heavy atom. The summed E-state index contributed by atoms with van der Waals surface area (Å²) in [5.41, 5.74) is 1.99. The summed E-state index contributed by atoms with van der Waals surface area (Å²) >= 11 is 0. The number of amides is 2. The molecule has 3 rings (SSSR count). The standard InChI is InChI=1S/C23H24N2O4/c1-14(16-5-6-18-12-20(28-3)9-7-17(18)11-16)23(27)25-21-13-19(24-15(2)26)8-10-22(21)29-4/h5-14H,1-4H3,(H,24,26)(H,25,27). The molecule has 0 saturated carbocycles. The van der Waals surface area contributed by atoms with E-state index in [1.54, 1.807) is 25.3 Å². The topological polar surface area (TPSA) is 76.7 Å². The number of nitrogens with one attached hydrogen (secondary N) is 2. The Bertz CT molecular complexity index is 1060. The van der Waals surface area contributed by atoms with Gasteiger partial charge in [0.1, 0.15) is 11.5 Å². The number of rotatable bonds is 6. The van der Waals surface area contributed by atoms with Crippen molar-refractivity contribution < 1.29 is 19.1 Å². The van der Waals surface area contributed by atoms with Gasteiger partial charge in [-0.3, -0.25) is 9.59 Å². The molecular weight excluding hydrogens is 368 g/mol. The van der Waals surface area contributed by atoms with Crippen molar-refractivity contribution >= 4 is 34.0 Å². The minimum Gasteiger partial charge on any atom is -0.497 e. The first-order valence-electron chi connectivity index (χ1n) is 9.25. The second-order valence-corrected chi connectivity index (χ2v) is 6.78. The molecule has 0 aromatic heterocycles. The van der Waals surface area contributed by atoms with Crippen LogP contribution in [0.15, 0.2) is 54.6 Å². The maximum absolute atomic E-state index is 12.9. The van der Waals surface area contributed by atoms with Gasteiger partial charge in [0.25, 0.3) is 0 Å². The first-order valence-corrected chi connectivity index (χ1v) is 9.25. The van der Waals surface area contributed by atoms with Crippen molar-refractivity contribution in [3.05, 3.63) is 60.2 Å². The number of ether oxygens (including phenoxy) is 2. The normalized spacial score (nSPS) is 11.6. The predicted molar refractivity (Wildman–Crippen MR) is 115 cm³/mol. The first-order chi connectivity index (χ1) is 13.9. The van der Waals surface area contributed by atoms with Crippen LogP contribution in [0.2, 0.25) is 0 Å². The summed E-state index contributed by atoms with van der Waals surface area (Å²) in [5, 5.41) is 7.69. The lowest BCUT2D eigenvalue weighted by atomic mass is 9.97. The minimum atomic E-state index is -0.379. The van der Waals surface area contributed by atoms with Crippen molar-refractivity contribution in [1.29, 1.82) is 0 Å². The molecular formula is C23H24N2O4. The molecule has 0 radical (unpaired) electrons. The van der Waals surface area contributed by atoms with Gasteiger partial charge < -0.3 is 20.1 Å². The molecule has 6 nitrogen and oxygen atoms in total. The summed E-state index contributed by atoms with van der Waals surface area (Å²) in [6.07, 6.45) is 0. The van der Waals surface area contributed by atoms with E-state index in [0.29, 0.717) is 17.1 Å². The lowest BCUT2D eigenvalue weighted by molar-refractivity contribution is -0.117. The quantitative estimate of drug-likeness (QED) is 0.645. The molecule has 2 N–H and O–H groups in total. The van der Waals surface area contributed by atoms with Gasteiger partial charge in [0.2, 0.25) is 11.8 Å². The van der Waals surface area contributed by atoms with Crippen LogP contribution in [0.3, 0.4) is 0 Å². The van der Waals surface area contributed by atoms with Crippen LogP contribution in [0, 0.1) is 0 Å². The summed E-state index contributed by atoms with van der Waals surface area (Å²) in [7, 11) is 3.17. The highest BCUT2D eigenvalue weighted by atomic mass is 16.5. The Kier molecular flexibility index (Phi) is 6.02. The number of carbonyl (C=O) groups excluding carboxylic acids is 2. The van der Waals surface area contributed by atoms with Crippen LogP contribution in [-0.2, 0) is 9.59 Å². The highest BCUT2D eigenvalue weighted by Gasteiger charge is 2.18. The van der Waals surface area contributed by atoms with Crippen molar-refractivity contribution in [2.75, 3.05) is 24.9 Å². The molecule has 3 aromatic carbocycles. The number of anilines is 2. The third-order valence-corrected chi connectivity index (χ3v) is 4.74. The molecule has 150 valence electrons. The van der Waals surface area contributed by atoms with Gasteiger partial charge in [0, 0.05) is 12.6 Å². The van der Waals surface area contributed by atoms with Crippen LogP contribution in [0.4, 0.5) is 11.4 Å². The maximum atomic E-state index is 12.9. The van der Waals surface area contributed by atoms with Crippen LogP contribution in [0.5, 0.6) is 11.5 Å². The molecule has 1 unspecified atom stereocenters. The van der Waals surface area contributed by atoms with Crippen LogP contribution < -0.4 is 20.1 Å². The van der Waals surface area contributed by atoms with E-state index in [0.717, 1.165) is 22.1 Å². The van der Waals surface area contributed by atoms with Crippen LogP contribution in [0.25, 0.3) is 10.8 Å². The monoisotopic (exact) mass is 392 g/mol.